The molecule has 3 aromatic heterocycles. The topological polar surface area (TPSA) is 72.2 Å². The third kappa shape index (κ3) is 2.89. The Kier molecular flexibility index (Phi) is 4.06. The number of hydrogen-bond acceptors (Lipinski definition) is 4. The monoisotopic (exact) mass is 367 g/mol. The number of aromatic nitrogens is 4. The molecule has 1 aromatic carbocycles. The minimum Gasteiger partial charge on any atom is -0.305 e. The van der Waals surface area contributed by atoms with E-state index in [0.717, 1.165) is 0 Å². The summed E-state index contributed by atoms with van der Waals surface area (Å²) in [7, 11) is 0. The van der Waals surface area contributed by atoms with Crippen molar-refractivity contribution >= 4 is 29.0 Å². The highest BCUT2D eigenvalue weighted by Crippen LogP contribution is 2.28. The standard InChI is InChI=1S/C18H11ClFN5O/c19-17-11(4-3-5-12(17)20)13-7-8-16-22-10-14(25(16)24-13)18(26)23-15-6-1-2-9-21-15/h1-10H,(H,21,23,26). The number of carbonyl (C=O) groups excluding carboxylic acids is 1. The number of imidazole rings is 1. The summed E-state index contributed by atoms with van der Waals surface area (Å²) in [4.78, 5) is 20.7. The summed E-state index contributed by atoms with van der Waals surface area (Å²) in [5, 5.41) is 7.04. The number of rotatable bonds is 3. The second-order valence-corrected chi connectivity index (χ2v) is 5.78. The maximum Gasteiger partial charge on any atom is 0.277 e. The van der Waals surface area contributed by atoms with E-state index in [1.54, 1.807) is 48.7 Å². The number of hydrogen-bond donors (Lipinski definition) is 1. The van der Waals surface area contributed by atoms with Gasteiger partial charge in [0.15, 0.2) is 11.3 Å². The summed E-state index contributed by atoms with van der Waals surface area (Å²) in [5.41, 5.74) is 1.55. The highest BCUT2D eigenvalue weighted by Gasteiger charge is 2.16. The van der Waals surface area contributed by atoms with E-state index in [9.17, 15) is 9.18 Å². The first-order chi connectivity index (χ1) is 12.6. The van der Waals surface area contributed by atoms with Crippen molar-refractivity contribution in [3.05, 3.63) is 77.5 Å². The lowest BCUT2D eigenvalue weighted by Gasteiger charge is -2.07. The number of pyridine rings is 1. The van der Waals surface area contributed by atoms with E-state index in [0.29, 0.717) is 22.7 Å². The molecule has 0 saturated carbocycles. The molecule has 0 bridgehead atoms. The zero-order valence-electron chi connectivity index (χ0n) is 13.2. The SMILES string of the molecule is O=C(Nc1ccccn1)c1cnc2ccc(-c3cccc(F)c3Cl)nn12. The van der Waals surface area contributed by atoms with Gasteiger partial charge in [0, 0.05) is 11.8 Å². The Hall–Kier alpha value is -3.32. The minimum absolute atomic E-state index is 0.0287. The fraction of sp³-hybridized carbons (Fsp3) is 0. The van der Waals surface area contributed by atoms with Crippen LogP contribution in [0, 0.1) is 5.82 Å². The van der Waals surface area contributed by atoms with Crippen LogP contribution >= 0.6 is 11.6 Å². The third-order valence-corrected chi connectivity index (χ3v) is 4.11. The molecule has 8 heteroatoms. The zero-order chi connectivity index (χ0) is 18.1. The van der Waals surface area contributed by atoms with Crippen LogP contribution in [0.4, 0.5) is 10.2 Å². The van der Waals surface area contributed by atoms with Crippen LogP contribution in [0.1, 0.15) is 10.5 Å². The van der Waals surface area contributed by atoms with Crippen LogP contribution in [-0.4, -0.2) is 25.5 Å². The van der Waals surface area contributed by atoms with Gasteiger partial charge in [-0.15, -0.1) is 0 Å². The quantitative estimate of drug-likeness (QED) is 0.597. The van der Waals surface area contributed by atoms with Gasteiger partial charge in [-0.1, -0.05) is 29.8 Å². The summed E-state index contributed by atoms with van der Waals surface area (Å²) < 4.78 is 15.1. The number of nitrogens with zero attached hydrogens (tertiary/aromatic N) is 4. The number of fused-ring (bicyclic) bond motifs is 1. The average Bonchev–Trinajstić information content (AvgIpc) is 3.08. The third-order valence-electron chi connectivity index (χ3n) is 3.73. The van der Waals surface area contributed by atoms with E-state index in [1.807, 2.05) is 0 Å². The van der Waals surface area contributed by atoms with Crippen LogP contribution < -0.4 is 5.32 Å². The first kappa shape index (κ1) is 16.2. The second kappa shape index (κ2) is 6.53. The molecular formula is C18H11ClFN5O. The van der Waals surface area contributed by atoms with Crippen molar-refractivity contribution in [1.82, 2.24) is 19.6 Å². The molecule has 4 rings (SSSR count). The molecule has 0 unspecified atom stereocenters. The Morgan fingerprint density at radius 2 is 1.96 bits per heavy atom. The van der Waals surface area contributed by atoms with Gasteiger partial charge >= 0.3 is 0 Å². The van der Waals surface area contributed by atoms with Crippen molar-refractivity contribution in [1.29, 1.82) is 0 Å². The van der Waals surface area contributed by atoms with Gasteiger partial charge in [-0.05, 0) is 30.3 Å². The molecule has 4 aromatic rings. The number of nitrogens with one attached hydrogen (secondary N) is 1. The van der Waals surface area contributed by atoms with E-state index in [1.165, 1.54) is 16.8 Å². The van der Waals surface area contributed by atoms with E-state index < -0.39 is 11.7 Å². The van der Waals surface area contributed by atoms with Crippen molar-refractivity contribution in [2.24, 2.45) is 0 Å². The molecular weight excluding hydrogens is 357 g/mol. The van der Waals surface area contributed by atoms with Crippen molar-refractivity contribution in [2.45, 2.75) is 0 Å². The smallest absolute Gasteiger partial charge is 0.277 e. The second-order valence-electron chi connectivity index (χ2n) is 5.40. The van der Waals surface area contributed by atoms with Crippen molar-refractivity contribution in [2.75, 3.05) is 5.32 Å². The highest BCUT2D eigenvalue weighted by atomic mass is 35.5. The van der Waals surface area contributed by atoms with Crippen LogP contribution in [0.25, 0.3) is 16.9 Å². The minimum atomic E-state index is -0.537. The van der Waals surface area contributed by atoms with Crippen molar-refractivity contribution in [3.8, 4) is 11.3 Å². The van der Waals surface area contributed by atoms with E-state index in [-0.39, 0.29) is 10.7 Å². The molecule has 0 atom stereocenters. The highest BCUT2D eigenvalue weighted by molar-refractivity contribution is 6.33. The summed E-state index contributed by atoms with van der Waals surface area (Å²) in [5.74, 6) is -0.534. The lowest BCUT2D eigenvalue weighted by atomic mass is 10.1. The molecule has 0 aliphatic heterocycles. The van der Waals surface area contributed by atoms with Gasteiger partial charge < -0.3 is 5.32 Å². The van der Waals surface area contributed by atoms with Crippen LogP contribution in [0.5, 0.6) is 0 Å². The Morgan fingerprint density at radius 3 is 2.77 bits per heavy atom. The number of amides is 1. The molecule has 128 valence electrons. The summed E-state index contributed by atoms with van der Waals surface area (Å²) in [6.45, 7) is 0. The Balaban J connectivity index is 1.75. The lowest BCUT2D eigenvalue weighted by molar-refractivity contribution is 0.102. The van der Waals surface area contributed by atoms with Gasteiger partial charge in [-0.2, -0.15) is 5.10 Å². The van der Waals surface area contributed by atoms with Crippen LogP contribution in [0.2, 0.25) is 5.02 Å². The van der Waals surface area contributed by atoms with Gasteiger partial charge in [-0.3, -0.25) is 4.79 Å². The van der Waals surface area contributed by atoms with Crippen LogP contribution in [0.15, 0.2) is 60.9 Å². The van der Waals surface area contributed by atoms with Crippen LogP contribution in [0.3, 0.4) is 0 Å². The fourth-order valence-corrected chi connectivity index (χ4v) is 2.71. The van der Waals surface area contributed by atoms with E-state index in [4.69, 9.17) is 11.6 Å². The molecule has 0 radical (unpaired) electrons. The molecule has 0 spiro atoms. The van der Waals surface area contributed by atoms with Crippen LogP contribution in [-0.2, 0) is 0 Å². The Morgan fingerprint density at radius 1 is 1.08 bits per heavy atom. The fourth-order valence-electron chi connectivity index (χ4n) is 2.49. The molecule has 0 aliphatic rings. The maximum atomic E-state index is 13.7. The number of carbonyl (C=O) groups is 1. The first-order valence-electron chi connectivity index (χ1n) is 7.65. The van der Waals surface area contributed by atoms with Gasteiger partial charge in [-0.25, -0.2) is 18.9 Å². The Labute approximate surface area is 152 Å². The number of benzene rings is 1. The first-order valence-corrected chi connectivity index (χ1v) is 8.03. The molecule has 26 heavy (non-hydrogen) atoms. The molecule has 1 N–H and O–H groups in total. The molecule has 6 nitrogen and oxygen atoms in total. The summed E-state index contributed by atoms with van der Waals surface area (Å²) in [6, 6.07) is 13.0. The average molecular weight is 368 g/mol. The normalized spacial score (nSPS) is 10.8. The largest absolute Gasteiger partial charge is 0.305 e. The lowest BCUT2D eigenvalue weighted by Crippen LogP contribution is -2.16. The molecule has 1 amide bonds. The summed E-state index contributed by atoms with van der Waals surface area (Å²) >= 11 is 6.04. The molecule has 3 heterocycles. The van der Waals surface area contributed by atoms with Crippen molar-refractivity contribution in [3.63, 3.8) is 0 Å². The van der Waals surface area contributed by atoms with Gasteiger partial charge in [0.1, 0.15) is 11.6 Å². The molecule has 0 aliphatic carbocycles. The predicted octanol–water partition coefficient (Wildman–Crippen LogP) is 3.84. The molecule has 0 saturated heterocycles. The predicted molar refractivity (Wildman–Crippen MR) is 95.6 cm³/mol. The summed E-state index contributed by atoms with van der Waals surface area (Å²) in [6.07, 6.45) is 2.99. The zero-order valence-corrected chi connectivity index (χ0v) is 14.0. The van der Waals surface area contributed by atoms with Gasteiger partial charge in [0.2, 0.25) is 0 Å². The van der Waals surface area contributed by atoms with E-state index >= 15 is 0 Å². The number of halogens is 2. The Bertz CT molecular complexity index is 1110. The van der Waals surface area contributed by atoms with Gasteiger partial charge in [0.25, 0.3) is 5.91 Å². The van der Waals surface area contributed by atoms with E-state index in [2.05, 4.69) is 20.4 Å². The van der Waals surface area contributed by atoms with Gasteiger partial charge in [0.05, 0.1) is 16.9 Å². The number of anilines is 1. The molecule has 0 fully saturated rings. The maximum absolute atomic E-state index is 13.7. The van der Waals surface area contributed by atoms with Crippen molar-refractivity contribution < 1.29 is 9.18 Å².